The average Bonchev–Trinajstić information content (AvgIpc) is 2.50. The maximum atomic E-state index is 8.84. The Labute approximate surface area is 70.4 Å². The van der Waals surface area contributed by atoms with Gasteiger partial charge in [0.05, 0.1) is 24.3 Å². The van der Waals surface area contributed by atoms with E-state index in [0.717, 1.165) is 11.4 Å². The van der Waals surface area contributed by atoms with Crippen molar-refractivity contribution >= 4 is 11.6 Å². The van der Waals surface area contributed by atoms with Gasteiger partial charge in [-0.3, -0.25) is 0 Å². The topological polar surface area (TPSA) is 48.9 Å². The first-order valence-electron chi connectivity index (χ1n) is 3.48. The van der Waals surface area contributed by atoms with Crippen molar-refractivity contribution in [3.8, 4) is 0 Å². The van der Waals surface area contributed by atoms with Crippen LogP contribution in [0.5, 0.6) is 0 Å². The zero-order chi connectivity index (χ0) is 8.27. The minimum atomic E-state index is -0.00341. The van der Waals surface area contributed by atoms with Crippen LogP contribution in [0.25, 0.3) is 0 Å². The summed E-state index contributed by atoms with van der Waals surface area (Å²) in [6, 6.07) is 0. The van der Waals surface area contributed by atoms with Crippen molar-refractivity contribution in [1.29, 1.82) is 0 Å². The molecule has 1 unspecified atom stereocenters. The van der Waals surface area contributed by atoms with Crippen LogP contribution >= 0.6 is 11.6 Å². The third-order valence-corrected chi connectivity index (χ3v) is 2.07. The number of imidazole rings is 1. The molecule has 1 aromatic heterocycles. The Morgan fingerprint density at radius 1 is 1.82 bits per heavy atom. The van der Waals surface area contributed by atoms with E-state index in [2.05, 4.69) is 9.97 Å². The zero-order valence-corrected chi connectivity index (χ0v) is 7.10. The third-order valence-electron chi connectivity index (χ3n) is 1.61. The Morgan fingerprint density at radius 2 is 2.55 bits per heavy atom. The maximum absolute atomic E-state index is 8.84. The summed E-state index contributed by atoms with van der Waals surface area (Å²) in [7, 11) is 0. The molecule has 62 valence electrons. The molecule has 1 aromatic rings. The highest BCUT2D eigenvalue weighted by atomic mass is 35.5. The van der Waals surface area contributed by atoms with Gasteiger partial charge in [0.2, 0.25) is 0 Å². The summed E-state index contributed by atoms with van der Waals surface area (Å²) in [4.78, 5) is 6.91. The number of alkyl halides is 1. The lowest BCUT2D eigenvalue weighted by molar-refractivity contribution is 0.275. The largest absolute Gasteiger partial charge is 0.390 e. The minimum Gasteiger partial charge on any atom is -0.390 e. The van der Waals surface area contributed by atoms with Crippen molar-refractivity contribution < 1.29 is 5.11 Å². The van der Waals surface area contributed by atoms with Crippen LogP contribution in [-0.4, -0.2) is 21.0 Å². The fourth-order valence-corrected chi connectivity index (χ4v) is 1.10. The second-order valence-electron chi connectivity index (χ2n) is 2.48. The second-order valence-corrected chi connectivity index (χ2v) is 2.79. The van der Waals surface area contributed by atoms with E-state index in [4.69, 9.17) is 16.7 Å². The Balaban J connectivity index is 2.83. The fourth-order valence-electron chi connectivity index (χ4n) is 0.956. The van der Waals surface area contributed by atoms with Crippen molar-refractivity contribution in [2.24, 2.45) is 0 Å². The van der Waals surface area contributed by atoms with Gasteiger partial charge in [-0.2, -0.15) is 0 Å². The van der Waals surface area contributed by atoms with Crippen molar-refractivity contribution in [3.63, 3.8) is 0 Å². The Kier molecular flexibility index (Phi) is 2.91. The number of rotatable bonds is 3. The molecule has 3 nitrogen and oxygen atoms in total. The van der Waals surface area contributed by atoms with Crippen LogP contribution in [0.15, 0.2) is 6.33 Å². The summed E-state index contributed by atoms with van der Waals surface area (Å²) in [5.41, 5.74) is 1.63. The first-order valence-corrected chi connectivity index (χ1v) is 4.02. The lowest BCUT2D eigenvalue weighted by Gasteiger charge is -2.04. The summed E-state index contributed by atoms with van der Waals surface area (Å²) >= 11 is 5.64. The highest BCUT2D eigenvalue weighted by Gasteiger charge is 2.10. The van der Waals surface area contributed by atoms with Gasteiger partial charge in [-0.05, 0) is 0 Å². The van der Waals surface area contributed by atoms with Gasteiger partial charge in [0.25, 0.3) is 0 Å². The van der Waals surface area contributed by atoms with Gasteiger partial charge < -0.3 is 10.1 Å². The van der Waals surface area contributed by atoms with Crippen molar-refractivity contribution in [1.82, 2.24) is 9.97 Å². The summed E-state index contributed by atoms with van der Waals surface area (Å²) in [6.45, 7) is 1.97. The molecule has 0 bridgehead atoms. The number of aromatic nitrogens is 2. The van der Waals surface area contributed by atoms with Crippen molar-refractivity contribution in [2.45, 2.75) is 19.4 Å². The molecular weight excluding hydrogens is 164 g/mol. The molecule has 0 aromatic carbocycles. The number of aliphatic hydroxyl groups excluding tert-OH is 1. The van der Waals surface area contributed by atoms with Gasteiger partial charge in [-0.15, -0.1) is 11.6 Å². The Hall–Kier alpha value is -0.540. The van der Waals surface area contributed by atoms with Crippen LogP contribution in [-0.2, 0) is 6.61 Å². The molecule has 1 rings (SSSR count). The van der Waals surface area contributed by atoms with Gasteiger partial charge in [0.1, 0.15) is 0 Å². The molecule has 0 radical (unpaired) electrons. The van der Waals surface area contributed by atoms with Gasteiger partial charge in [-0.25, -0.2) is 4.98 Å². The minimum absolute atomic E-state index is 0.00341. The number of hydrogen-bond donors (Lipinski definition) is 2. The molecule has 0 fully saturated rings. The lowest BCUT2D eigenvalue weighted by Crippen LogP contribution is -1.99. The molecule has 0 aliphatic carbocycles. The van der Waals surface area contributed by atoms with E-state index in [9.17, 15) is 0 Å². The first-order chi connectivity index (χ1) is 5.29. The quantitative estimate of drug-likeness (QED) is 0.678. The van der Waals surface area contributed by atoms with Crippen LogP contribution in [0.3, 0.4) is 0 Å². The van der Waals surface area contributed by atoms with Gasteiger partial charge in [-0.1, -0.05) is 6.92 Å². The normalized spacial score (nSPS) is 13.4. The molecule has 11 heavy (non-hydrogen) atoms. The summed E-state index contributed by atoms with van der Waals surface area (Å²) in [5.74, 6) is 0.725. The molecule has 4 heteroatoms. The van der Waals surface area contributed by atoms with E-state index in [1.54, 1.807) is 6.33 Å². The van der Waals surface area contributed by atoms with Gasteiger partial charge in [0, 0.05) is 11.8 Å². The van der Waals surface area contributed by atoms with Crippen LogP contribution in [0.2, 0.25) is 0 Å². The van der Waals surface area contributed by atoms with Crippen LogP contribution in [0, 0.1) is 0 Å². The smallest absolute Gasteiger partial charge is 0.0926 e. The molecule has 2 N–H and O–H groups in total. The summed E-state index contributed by atoms with van der Waals surface area (Å²) in [5, 5.41) is 8.84. The number of H-pyrrole nitrogens is 1. The van der Waals surface area contributed by atoms with E-state index in [0.29, 0.717) is 5.88 Å². The summed E-state index contributed by atoms with van der Waals surface area (Å²) in [6.07, 6.45) is 1.57. The van der Waals surface area contributed by atoms with Gasteiger partial charge >= 0.3 is 0 Å². The predicted octanol–water partition coefficient (Wildman–Crippen LogP) is 1.24. The molecule has 0 saturated carbocycles. The Bertz CT molecular complexity index is 224. The number of hydrogen-bond acceptors (Lipinski definition) is 2. The zero-order valence-electron chi connectivity index (χ0n) is 6.34. The van der Waals surface area contributed by atoms with Crippen LogP contribution in [0.4, 0.5) is 0 Å². The number of nitrogens with zero attached hydrogens (tertiary/aromatic N) is 1. The molecule has 0 aliphatic heterocycles. The molecule has 1 heterocycles. The lowest BCUT2D eigenvalue weighted by atomic mass is 10.1. The molecule has 0 spiro atoms. The maximum Gasteiger partial charge on any atom is 0.0926 e. The Morgan fingerprint density at radius 3 is 3.09 bits per heavy atom. The first kappa shape index (κ1) is 8.56. The molecule has 0 aliphatic rings. The van der Waals surface area contributed by atoms with Crippen LogP contribution < -0.4 is 0 Å². The highest BCUT2D eigenvalue weighted by molar-refractivity contribution is 6.18. The number of aromatic amines is 1. The molecule has 0 amide bonds. The average molecular weight is 175 g/mol. The van der Waals surface area contributed by atoms with Crippen molar-refractivity contribution in [2.75, 3.05) is 5.88 Å². The monoisotopic (exact) mass is 174 g/mol. The molecule has 0 saturated heterocycles. The van der Waals surface area contributed by atoms with Gasteiger partial charge in [0.15, 0.2) is 0 Å². The number of aliphatic hydroxyl groups is 1. The van der Waals surface area contributed by atoms with E-state index in [-0.39, 0.29) is 12.5 Å². The second kappa shape index (κ2) is 3.74. The predicted molar refractivity (Wildman–Crippen MR) is 43.6 cm³/mol. The van der Waals surface area contributed by atoms with E-state index in [1.807, 2.05) is 6.92 Å². The molecule has 1 atom stereocenters. The van der Waals surface area contributed by atoms with Crippen LogP contribution in [0.1, 0.15) is 24.2 Å². The highest BCUT2D eigenvalue weighted by Crippen LogP contribution is 2.16. The van der Waals surface area contributed by atoms with E-state index >= 15 is 0 Å². The SMILES string of the molecule is CC(CCl)c1nc[nH]c1CO. The molecular formula is C7H11ClN2O. The number of nitrogens with one attached hydrogen (secondary N) is 1. The van der Waals surface area contributed by atoms with Crippen molar-refractivity contribution in [3.05, 3.63) is 17.7 Å². The van der Waals surface area contributed by atoms with E-state index < -0.39 is 0 Å². The van der Waals surface area contributed by atoms with E-state index in [1.165, 1.54) is 0 Å². The third kappa shape index (κ3) is 1.73. The summed E-state index contributed by atoms with van der Waals surface area (Å²) < 4.78 is 0. The number of halogens is 1. The standard InChI is InChI=1S/C7H11ClN2O/c1-5(2-8)7-6(3-11)9-4-10-7/h4-5,11H,2-3H2,1H3,(H,9,10). The fraction of sp³-hybridized carbons (Fsp3) is 0.571.